The molecule has 0 amide bonds. The average Bonchev–Trinajstić information content (AvgIpc) is 2.12. The molecule has 0 bridgehead atoms. The summed E-state index contributed by atoms with van der Waals surface area (Å²) in [5.74, 6) is -0.248. The van der Waals surface area contributed by atoms with Crippen LogP contribution in [0.1, 0.15) is 13.3 Å². The third kappa shape index (κ3) is 6.85. The first-order chi connectivity index (χ1) is 6.02. The van der Waals surface area contributed by atoms with Crippen LogP contribution in [0.25, 0.3) is 0 Å². The van der Waals surface area contributed by atoms with Crippen LogP contribution in [0.15, 0.2) is 0 Å². The number of rotatable bonds is 6. The molecule has 0 aromatic carbocycles. The van der Waals surface area contributed by atoms with Crippen LogP contribution in [0.4, 0.5) is 0 Å². The van der Waals surface area contributed by atoms with Crippen molar-refractivity contribution in [2.24, 2.45) is 0 Å². The van der Waals surface area contributed by atoms with E-state index in [1.54, 1.807) is 6.92 Å². The highest BCUT2D eigenvalue weighted by atomic mass is 32.3. The molecule has 0 aliphatic carbocycles. The Hall–Kier alpha value is -0.270. The first-order valence-corrected chi connectivity index (χ1v) is 6.47. The van der Waals surface area contributed by atoms with Gasteiger partial charge in [0.15, 0.2) is 0 Å². The van der Waals surface area contributed by atoms with Crippen molar-refractivity contribution >= 4 is 27.8 Å². The Bertz CT molecular complexity index is 249. The van der Waals surface area contributed by atoms with E-state index >= 15 is 0 Å². The molecule has 0 spiro atoms. The van der Waals surface area contributed by atoms with Gasteiger partial charge < -0.3 is 4.74 Å². The summed E-state index contributed by atoms with van der Waals surface area (Å²) in [5, 5.41) is -0.0967. The molecular formula is C6H13NO4S2. The third-order valence-corrected chi connectivity index (χ3v) is 3.96. The number of nitrogens with one attached hydrogen (secondary N) is 1. The maximum absolute atomic E-state index is 10.8. The van der Waals surface area contributed by atoms with Gasteiger partial charge in [-0.3, -0.25) is 4.79 Å². The summed E-state index contributed by atoms with van der Waals surface area (Å²) in [6, 6.07) is 0. The second-order valence-corrected chi connectivity index (χ2v) is 5.35. The number of carbonyl (C=O) groups is 1. The van der Waals surface area contributed by atoms with Crippen LogP contribution < -0.4 is 4.72 Å². The summed E-state index contributed by atoms with van der Waals surface area (Å²) in [4.78, 5) is 10.6. The van der Waals surface area contributed by atoms with Gasteiger partial charge in [-0.2, -0.15) is 0 Å². The lowest BCUT2D eigenvalue weighted by Crippen LogP contribution is -2.20. The van der Waals surface area contributed by atoms with Crippen molar-refractivity contribution in [3.63, 3.8) is 0 Å². The second kappa shape index (κ2) is 6.22. The lowest BCUT2D eigenvalue weighted by Gasteiger charge is -2.03. The van der Waals surface area contributed by atoms with E-state index in [9.17, 15) is 13.2 Å². The lowest BCUT2D eigenvalue weighted by atomic mass is 10.5. The van der Waals surface area contributed by atoms with Gasteiger partial charge in [0, 0.05) is 6.42 Å². The van der Waals surface area contributed by atoms with E-state index in [-0.39, 0.29) is 17.0 Å². The quantitative estimate of drug-likeness (QED) is 0.397. The number of carbonyl (C=O) groups excluding carboxylic acids is 1. The van der Waals surface area contributed by atoms with Crippen LogP contribution in [0, 0.1) is 0 Å². The third-order valence-electron chi connectivity index (χ3n) is 1.14. The minimum absolute atomic E-state index is 0.0770. The van der Waals surface area contributed by atoms with E-state index in [1.165, 1.54) is 7.05 Å². The van der Waals surface area contributed by atoms with E-state index in [4.69, 9.17) is 0 Å². The fourth-order valence-corrected chi connectivity index (χ4v) is 2.25. The van der Waals surface area contributed by atoms with Crippen molar-refractivity contribution in [3.8, 4) is 0 Å². The topological polar surface area (TPSA) is 72.5 Å². The highest BCUT2D eigenvalue weighted by Gasteiger charge is 2.07. The van der Waals surface area contributed by atoms with Gasteiger partial charge in [0.2, 0.25) is 10.0 Å². The largest absolute Gasteiger partial charge is 0.455 e. The second-order valence-electron chi connectivity index (χ2n) is 2.13. The number of hydrogen-bond donors (Lipinski definition) is 1. The van der Waals surface area contributed by atoms with Crippen LogP contribution in [-0.4, -0.2) is 32.5 Å². The molecule has 0 radical (unpaired) electrons. The number of esters is 1. The molecule has 0 saturated carbocycles. The molecular weight excluding hydrogens is 214 g/mol. The highest BCUT2D eigenvalue weighted by Crippen LogP contribution is 2.04. The van der Waals surface area contributed by atoms with Gasteiger partial charge in [0.05, 0.1) is 0 Å². The molecule has 0 aromatic rings. The van der Waals surface area contributed by atoms with E-state index in [0.717, 1.165) is 11.8 Å². The number of ether oxygens (including phenoxy) is 1. The maximum Gasteiger partial charge on any atom is 0.306 e. The van der Waals surface area contributed by atoms with Gasteiger partial charge in [-0.05, 0) is 7.05 Å². The lowest BCUT2D eigenvalue weighted by molar-refractivity contribution is -0.140. The van der Waals surface area contributed by atoms with Crippen molar-refractivity contribution in [1.29, 1.82) is 0 Å². The molecule has 0 fully saturated rings. The SMILES string of the molecule is CCC(=O)OCSCS(=O)(=O)NC. The molecule has 1 N–H and O–H groups in total. The van der Waals surface area contributed by atoms with Gasteiger partial charge >= 0.3 is 5.97 Å². The molecule has 0 atom stereocenters. The van der Waals surface area contributed by atoms with E-state index < -0.39 is 10.0 Å². The van der Waals surface area contributed by atoms with E-state index in [1.807, 2.05) is 0 Å². The summed E-state index contributed by atoms with van der Waals surface area (Å²) in [5.41, 5.74) is 0. The molecule has 7 heteroatoms. The molecule has 78 valence electrons. The number of hydrogen-bond acceptors (Lipinski definition) is 5. The summed E-state index contributed by atoms with van der Waals surface area (Å²) in [6.07, 6.45) is 0.305. The van der Waals surface area contributed by atoms with E-state index in [0.29, 0.717) is 6.42 Å². The number of sulfonamides is 1. The normalized spacial score (nSPS) is 11.2. The molecule has 0 unspecified atom stereocenters. The predicted molar refractivity (Wildman–Crippen MR) is 51.7 cm³/mol. The van der Waals surface area contributed by atoms with Gasteiger partial charge in [-0.15, -0.1) is 11.8 Å². The minimum Gasteiger partial charge on any atom is -0.455 e. The summed E-state index contributed by atoms with van der Waals surface area (Å²) >= 11 is 1.03. The Morgan fingerprint density at radius 2 is 2.15 bits per heavy atom. The molecule has 0 aliphatic rings. The van der Waals surface area contributed by atoms with Gasteiger partial charge in [-0.25, -0.2) is 13.1 Å². The smallest absolute Gasteiger partial charge is 0.306 e. The van der Waals surface area contributed by atoms with Gasteiger partial charge in [0.1, 0.15) is 11.0 Å². The first kappa shape index (κ1) is 12.7. The summed E-state index contributed by atoms with van der Waals surface area (Å²) in [6.45, 7) is 1.68. The van der Waals surface area contributed by atoms with Crippen molar-refractivity contribution in [2.45, 2.75) is 13.3 Å². The van der Waals surface area contributed by atoms with Crippen LogP contribution in [-0.2, 0) is 19.6 Å². The highest BCUT2D eigenvalue weighted by molar-refractivity contribution is 8.11. The van der Waals surface area contributed by atoms with Gasteiger partial charge in [0.25, 0.3) is 0 Å². The monoisotopic (exact) mass is 227 g/mol. The Labute approximate surface area is 82.3 Å². The zero-order valence-corrected chi connectivity index (χ0v) is 9.20. The molecule has 0 rings (SSSR count). The number of thioether (sulfide) groups is 1. The zero-order valence-electron chi connectivity index (χ0n) is 7.57. The Morgan fingerprint density at radius 3 is 2.62 bits per heavy atom. The Balaban J connectivity index is 3.52. The van der Waals surface area contributed by atoms with Crippen LogP contribution in [0.2, 0.25) is 0 Å². The Morgan fingerprint density at radius 1 is 1.54 bits per heavy atom. The molecule has 0 aliphatic heterocycles. The van der Waals surface area contributed by atoms with Crippen molar-refractivity contribution in [2.75, 3.05) is 18.1 Å². The van der Waals surface area contributed by atoms with Crippen LogP contribution in [0.5, 0.6) is 0 Å². The van der Waals surface area contributed by atoms with Crippen LogP contribution >= 0.6 is 11.8 Å². The summed E-state index contributed by atoms with van der Waals surface area (Å²) in [7, 11) is -1.86. The molecule has 0 saturated heterocycles. The maximum atomic E-state index is 10.8. The van der Waals surface area contributed by atoms with E-state index in [2.05, 4.69) is 9.46 Å². The minimum atomic E-state index is -3.20. The standard InChI is InChI=1S/C6H13NO4S2/c1-3-6(8)11-4-12-5-13(9,10)7-2/h7H,3-5H2,1-2H3. The first-order valence-electron chi connectivity index (χ1n) is 3.66. The fourth-order valence-electron chi connectivity index (χ4n) is 0.412. The zero-order chi connectivity index (χ0) is 10.3. The molecule has 0 heterocycles. The molecule has 5 nitrogen and oxygen atoms in total. The summed E-state index contributed by atoms with van der Waals surface area (Å²) < 4.78 is 28.5. The predicted octanol–water partition coefficient (Wildman–Crippen LogP) is 0.137. The molecule has 0 aromatic heterocycles. The van der Waals surface area contributed by atoms with Crippen molar-refractivity contribution < 1.29 is 17.9 Å². The van der Waals surface area contributed by atoms with Gasteiger partial charge in [-0.1, -0.05) is 6.92 Å². The Kier molecular flexibility index (Phi) is 6.10. The van der Waals surface area contributed by atoms with Crippen LogP contribution in [0.3, 0.4) is 0 Å². The van der Waals surface area contributed by atoms with Crippen molar-refractivity contribution in [3.05, 3.63) is 0 Å². The van der Waals surface area contributed by atoms with Crippen molar-refractivity contribution in [1.82, 2.24) is 4.72 Å². The fraction of sp³-hybridized carbons (Fsp3) is 0.833. The molecule has 13 heavy (non-hydrogen) atoms. The average molecular weight is 227 g/mol.